The van der Waals surface area contributed by atoms with E-state index in [4.69, 9.17) is 23.2 Å². The van der Waals surface area contributed by atoms with Gasteiger partial charge in [0.05, 0.1) is 10.0 Å². The first-order valence-corrected chi connectivity index (χ1v) is 7.16. The largest absolute Gasteiger partial charge is 0.311 e. The number of rotatable bonds is 3. The lowest BCUT2D eigenvalue weighted by Gasteiger charge is -2.28. The van der Waals surface area contributed by atoms with Gasteiger partial charge in [0.1, 0.15) is 5.82 Å². The topological polar surface area (TPSA) is 29.1 Å². The van der Waals surface area contributed by atoms with E-state index in [2.05, 4.69) is 12.2 Å². The summed E-state index contributed by atoms with van der Waals surface area (Å²) in [5.41, 5.74) is 0.212. The van der Waals surface area contributed by atoms with Crippen LogP contribution in [-0.4, -0.2) is 17.9 Å². The highest BCUT2D eigenvalue weighted by molar-refractivity contribution is 6.36. The van der Waals surface area contributed by atoms with E-state index in [0.717, 1.165) is 25.3 Å². The molecule has 0 aliphatic carbocycles. The molecule has 2 nitrogen and oxygen atoms in total. The van der Waals surface area contributed by atoms with Crippen LogP contribution in [0.1, 0.15) is 43.0 Å². The van der Waals surface area contributed by atoms with Crippen molar-refractivity contribution in [2.75, 3.05) is 0 Å². The second kappa shape index (κ2) is 6.21. The predicted octanol–water partition coefficient (Wildman–Crippen LogP) is 4.24. The summed E-state index contributed by atoms with van der Waals surface area (Å²) in [6, 6.07) is 2.97. The zero-order chi connectivity index (χ0) is 14.0. The molecule has 2 rings (SSSR count). The normalized spacial score (nSPS) is 23.4. The first kappa shape index (κ1) is 14.8. The molecule has 1 aromatic rings. The van der Waals surface area contributed by atoms with E-state index in [0.29, 0.717) is 12.5 Å². The van der Waals surface area contributed by atoms with Crippen LogP contribution in [0.25, 0.3) is 0 Å². The Kier molecular flexibility index (Phi) is 4.82. The minimum absolute atomic E-state index is 0.0639. The van der Waals surface area contributed by atoms with Crippen LogP contribution in [0.4, 0.5) is 4.39 Å². The second-order valence-electron chi connectivity index (χ2n) is 5.07. The molecular formula is C14H16Cl2FNO. The number of ketones is 1. The molecule has 19 heavy (non-hydrogen) atoms. The fraction of sp³-hybridized carbons (Fsp3) is 0.500. The van der Waals surface area contributed by atoms with E-state index >= 15 is 0 Å². The molecule has 0 amide bonds. The van der Waals surface area contributed by atoms with Crippen molar-refractivity contribution in [1.29, 1.82) is 0 Å². The molecule has 1 N–H and O–H groups in total. The van der Waals surface area contributed by atoms with Crippen LogP contribution < -0.4 is 5.32 Å². The summed E-state index contributed by atoms with van der Waals surface area (Å²) in [6.45, 7) is 2.10. The molecule has 0 radical (unpaired) electrons. The monoisotopic (exact) mass is 303 g/mol. The van der Waals surface area contributed by atoms with Gasteiger partial charge in [-0.1, -0.05) is 29.6 Å². The van der Waals surface area contributed by atoms with Crippen LogP contribution >= 0.6 is 23.2 Å². The Morgan fingerprint density at radius 1 is 1.37 bits per heavy atom. The predicted molar refractivity (Wildman–Crippen MR) is 75.6 cm³/mol. The summed E-state index contributed by atoms with van der Waals surface area (Å²) in [5, 5.41) is 3.52. The van der Waals surface area contributed by atoms with Gasteiger partial charge in [-0.2, -0.15) is 0 Å². The average Bonchev–Trinajstić information content (AvgIpc) is 2.33. The van der Waals surface area contributed by atoms with Gasteiger partial charge in [-0.3, -0.25) is 4.79 Å². The zero-order valence-corrected chi connectivity index (χ0v) is 12.2. The molecule has 5 heteroatoms. The molecule has 1 aromatic carbocycles. The van der Waals surface area contributed by atoms with Gasteiger partial charge in [-0.15, -0.1) is 0 Å². The van der Waals surface area contributed by atoms with Crippen molar-refractivity contribution in [2.24, 2.45) is 0 Å². The van der Waals surface area contributed by atoms with Crippen molar-refractivity contribution in [1.82, 2.24) is 5.32 Å². The molecule has 1 saturated heterocycles. The number of hydrogen-bond acceptors (Lipinski definition) is 2. The van der Waals surface area contributed by atoms with Crippen LogP contribution in [0.5, 0.6) is 0 Å². The number of halogens is 3. The van der Waals surface area contributed by atoms with Crippen LogP contribution in [0, 0.1) is 5.82 Å². The highest BCUT2D eigenvalue weighted by atomic mass is 35.5. The van der Waals surface area contributed by atoms with Crippen LogP contribution in [0.2, 0.25) is 10.0 Å². The van der Waals surface area contributed by atoms with E-state index in [1.54, 1.807) is 0 Å². The number of hydrogen-bond donors (Lipinski definition) is 1. The first-order valence-electron chi connectivity index (χ1n) is 6.41. The van der Waals surface area contributed by atoms with E-state index < -0.39 is 5.82 Å². The maximum atomic E-state index is 13.4. The fourth-order valence-corrected chi connectivity index (χ4v) is 2.96. The lowest BCUT2D eigenvalue weighted by molar-refractivity contribution is 0.0959. The highest BCUT2D eigenvalue weighted by Crippen LogP contribution is 2.26. The van der Waals surface area contributed by atoms with E-state index in [9.17, 15) is 9.18 Å². The Balaban J connectivity index is 2.09. The lowest BCUT2D eigenvalue weighted by atomic mass is 9.94. The number of carbonyl (C=O) groups is 1. The van der Waals surface area contributed by atoms with Crippen LogP contribution in [0.3, 0.4) is 0 Å². The van der Waals surface area contributed by atoms with Crippen molar-refractivity contribution in [3.63, 3.8) is 0 Å². The Hall–Kier alpha value is -0.640. The third kappa shape index (κ3) is 3.68. The van der Waals surface area contributed by atoms with Gasteiger partial charge >= 0.3 is 0 Å². The molecule has 0 bridgehead atoms. The molecule has 0 spiro atoms. The van der Waals surface area contributed by atoms with E-state index in [1.807, 2.05) is 0 Å². The summed E-state index contributed by atoms with van der Waals surface area (Å²) in [5.74, 6) is -0.758. The van der Waals surface area contributed by atoms with Gasteiger partial charge in [0, 0.05) is 24.1 Å². The lowest BCUT2D eigenvalue weighted by Crippen LogP contribution is -2.41. The van der Waals surface area contributed by atoms with Crippen molar-refractivity contribution in [2.45, 2.75) is 44.7 Å². The summed E-state index contributed by atoms with van der Waals surface area (Å²) in [7, 11) is 0. The summed E-state index contributed by atoms with van der Waals surface area (Å²) < 4.78 is 13.4. The average molecular weight is 304 g/mol. The summed E-state index contributed by atoms with van der Waals surface area (Å²) in [4.78, 5) is 12.2. The number of carbonyl (C=O) groups excluding carboxylic acids is 1. The SMILES string of the molecule is CC1CCCC(CC(=O)c2cc(F)c(Cl)cc2Cl)N1. The molecule has 1 fully saturated rings. The molecule has 2 atom stereocenters. The van der Waals surface area contributed by atoms with Crippen LogP contribution in [0.15, 0.2) is 12.1 Å². The Morgan fingerprint density at radius 3 is 2.79 bits per heavy atom. The van der Waals surface area contributed by atoms with Gasteiger partial charge in [0.2, 0.25) is 0 Å². The molecule has 1 heterocycles. The smallest absolute Gasteiger partial charge is 0.166 e. The van der Waals surface area contributed by atoms with Gasteiger partial charge in [-0.25, -0.2) is 4.39 Å². The van der Waals surface area contributed by atoms with Crippen molar-refractivity contribution < 1.29 is 9.18 Å². The van der Waals surface area contributed by atoms with Gasteiger partial charge < -0.3 is 5.32 Å². The van der Waals surface area contributed by atoms with Gasteiger partial charge in [-0.05, 0) is 31.9 Å². The number of Topliss-reactive ketones (excluding diaryl/α,β-unsaturated/α-hetero) is 1. The molecule has 104 valence electrons. The minimum atomic E-state index is -0.612. The number of piperidine rings is 1. The maximum absolute atomic E-state index is 13.4. The van der Waals surface area contributed by atoms with E-state index in [1.165, 1.54) is 6.07 Å². The van der Waals surface area contributed by atoms with Gasteiger partial charge in [0.15, 0.2) is 5.78 Å². The molecule has 1 aliphatic heterocycles. The quantitative estimate of drug-likeness (QED) is 0.668. The van der Waals surface area contributed by atoms with Crippen LogP contribution in [-0.2, 0) is 0 Å². The Labute approximate surface area is 122 Å². The molecule has 0 aromatic heterocycles. The molecular weight excluding hydrogens is 288 g/mol. The molecule has 1 aliphatic rings. The fourth-order valence-electron chi connectivity index (χ4n) is 2.47. The number of nitrogens with one attached hydrogen (secondary N) is 1. The summed E-state index contributed by atoms with van der Waals surface area (Å²) in [6.07, 6.45) is 3.53. The van der Waals surface area contributed by atoms with Crippen molar-refractivity contribution in [3.8, 4) is 0 Å². The second-order valence-corrected chi connectivity index (χ2v) is 5.88. The first-order chi connectivity index (χ1) is 8.97. The van der Waals surface area contributed by atoms with Crippen molar-refractivity contribution in [3.05, 3.63) is 33.6 Å². The standard InChI is InChI=1S/C14H16Cl2FNO/c1-8-3-2-4-9(18-8)5-14(19)10-6-13(17)12(16)7-11(10)15/h6-9,18H,2-5H2,1H3. The molecule has 2 unspecified atom stereocenters. The summed E-state index contributed by atoms with van der Waals surface area (Å²) >= 11 is 11.6. The van der Waals surface area contributed by atoms with Crippen molar-refractivity contribution >= 4 is 29.0 Å². The van der Waals surface area contributed by atoms with E-state index in [-0.39, 0.29) is 27.4 Å². The third-order valence-electron chi connectivity index (χ3n) is 3.45. The Morgan fingerprint density at radius 2 is 2.11 bits per heavy atom. The third-order valence-corrected chi connectivity index (χ3v) is 4.05. The molecule has 0 saturated carbocycles. The minimum Gasteiger partial charge on any atom is -0.311 e. The van der Waals surface area contributed by atoms with Gasteiger partial charge in [0.25, 0.3) is 0 Å². The Bertz CT molecular complexity index is 493. The highest BCUT2D eigenvalue weighted by Gasteiger charge is 2.22. The number of benzene rings is 1. The zero-order valence-electron chi connectivity index (χ0n) is 10.7. The maximum Gasteiger partial charge on any atom is 0.166 e.